The van der Waals surface area contributed by atoms with Crippen molar-refractivity contribution in [1.29, 1.82) is 0 Å². The summed E-state index contributed by atoms with van der Waals surface area (Å²) < 4.78 is 7.47. The molecule has 3 aromatic rings. The second-order valence-electron chi connectivity index (χ2n) is 6.94. The third-order valence-electron chi connectivity index (χ3n) is 5.16. The Bertz CT molecular complexity index is 998. The van der Waals surface area contributed by atoms with E-state index < -0.39 is 0 Å². The molecule has 0 spiro atoms. The Morgan fingerprint density at radius 2 is 2.07 bits per heavy atom. The number of aromatic nitrogens is 2. The van der Waals surface area contributed by atoms with Crippen molar-refractivity contribution in [2.45, 2.75) is 25.8 Å². The molecule has 140 valence electrons. The molecule has 1 fully saturated rings. The molecule has 1 aliphatic rings. The van der Waals surface area contributed by atoms with Gasteiger partial charge in [0.1, 0.15) is 5.82 Å². The maximum Gasteiger partial charge on any atom is 0.227 e. The first-order valence-corrected chi connectivity index (χ1v) is 9.47. The summed E-state index contributed by atoms with van der Waals surface area (Å²) >= 11 is 6.16. The molecule has 1 aliphatic heterocycles. The van der Waals surface area contributed by atoms with Gasteiger partial charge in [-0.3, -0.25) is 4.79 Å². The fourth-order valence-electron chi connectivity index (χ4n) is 3.81. The van der Waals surface area contributed by atoms with Gasteiger partial charge >= 0.3 is 0 Å². The van der Waals surface area contributed by atoms with Crippen LogP contribution in [0.5, 0.6) is 0 Å². The smallest absolute Gasteiger partial charge is 0.227 e. The Hall–Kier alpha value is -2.37. The number of nitrogens with zero attached hydrogens (tertiary/aromatic N) is 3. The van der Waals surface area contributed by atoms with Crippen LogP contribution < -0.4 is 4.90 Å². The number of benzene rings is 2. The van der Waals surface area contributed by atoms with Gasteiger partial charge < -0.3 is 14.2 Å². The van der Waals surface area contributed by atoms with E-state index in [4.69, 9.17) is 21.3 Å². The van der Waals surface area contributed by atoms with Crippen molar-refractivity contribution in [2.75, 3.05) is 25.2 Å². The van der Waals surface area contributed by atoms with Crippen molar-refractivity contribution >= 4 is 34.2 Å². The standard InChI is InChI=1S/C21H22ClN3O2/c1-14-7-8-16(22)12-19(14)25-13-15(11-20(25)26)21-23-17-5-3-4-6-18(17)24(21)9-10-27-2/h3-8,12,15H,9-11,13H2,1-2H3/t15-/m1/s1. The molecule has 1 aromatic heterocycles. The molecule has 5 nitrogen and oxygen atoms in total. The lowest BCUT2D eigenvalue weighted by Gasteiger charge is -2.20. The van der Waals surface area contributed by atoms with E-state index in [0.717, 1.165) is 28.1 Å². The highest BCUT2D eigenvalue weighted by atomic mass is 35.5. The van der Waals surface area contributed by atoms with Crippen LogP contribution in [0, 0.1) is 6.92 Å². The Kier molecular flexibility index (Phi) is 4.89. The lowest BCUT2D eigenvalue weighted by molar-refractivity contribution is -0.117. The number of para-hydroxylation sites is 2. The predicted molar refractivity (Wildman–Crippen MR) is 108 cm³/mol. The summed E-state index contributed by atoms with van der Waals surface area (Å²) in [6.45, 7) is 3.93. The minimum absolute atomic E-state index is 0.0418. The van der Waals surface area contributed by atoms with Crippen LogP contribution in [0.15, 0.2) is 42.5 Å². The number of halogens is 1. The number of amides is 1. The predicted octanol–water partition coefficient (Wildman–Crippen LogP) is 4.17. The molecule has 1 amide bonds. The number of carbonyl (C=O) groups excluding carboxylic acids is 1. The third-order valence-corrected chi connectivity index (χ3v) is 5.39. The topological polar surface area (TPSA) is 47.4 Å². The van der Waals surface area contributed by atoms with E-state index in [1.54, 1.807) is 7.11 Å². The maximum absolute atomic E-state index is 12.8. The first-order valence-electron chi connectivity index (χ1n) is 9.09. The number of ether oxygens (including phenoxy) is 1. The van der Waals surface area contributed by atoms with Gasteiger partial charge in [0.05, 0.1) is 17.6 Å². The molecule has 6 heteroatoms. The largest absolute Gasteiger partial charge is 0.383 e. The van der Waals surface area contributed by atoms with Gasteiger partial charge in [0.15, 0.2) is 0 Å². The molecule has 0 saturated carbocycles. The number of rotatable bonds is 5. The van der Waals surface area contributed by atoms with Gasteiger partial charge in [0.2, 0.25) is 5.91 Å². The van der Waals surface area contributed by atoms with Crippen molar-refractivity contribution in [1.82, 2.24) is 9.55 Å². The van der Waals surface area contributed by atoms with E-state index >= 15 is 0 Å². The number of aryl methyl sites for hydroxylation is 1. The summed E-state index contributed by atoms with van der Waals surface area (Å²) in [7, 11) is 1.70. The number of hydrogen-bond acceptors (Lipinski definition) is 3. The minimum atomic E-state index is 0.0418. The summed E-state index contributed by atoms with van der Waals surface area (Å²) in [6, 6.07) is 13.7. The monoisotopic (exact) mass is 383 g/mol. The van der Waals surface area contributed by atoms with E-state index in [9.17, 15) is 4.79 Å². The van der Waals surface area contributed by atoms with Gasteiger partial charge in [-0.05, 0) is 36.8 Å². The molecule has 0 radical (unpaired) electrons. The molecule has 27 heavy (non-hydrogen) atoms. The zero-order valence-electron chi connectivity index (χ0n) is 15.5. The van der Waals surface area contributed by atoms with Gasteiger partial charge in [-0.25, -0.2) is 4.98 Å². The van der Waals surface area contributed by atoms with Gasteiger partial charge in [-0.15, -0.1) is 0 Å². The maximum atomic E-state index is 12.8. The number of carbonyl (C=O) groups is 1. The van der Waals surface area contributed by atoms with E-state index in [2.05, 4.69) is 10.6 Å². The number of hydrogen-bond donors (Lipinski definition) is 0. The van der Waals surface area contributed by atoms with Crippen LogP contribution in [0.3, 0.4) is 0 Å². The molecular weight excluding hydrogens is 362 g/mol. The molecule has 2 heterocycles. The van der Waals surface area contributed by atoms with Crippen LogP contribution in [0.1, 0.15) is 23.7 Å². The molecule has 0 N–H and O–H groups in total. The minimum Gasteiger partial charge on any atom is -0.383 e. The number of imidazole rings is 1. The first kappa shape index (κ1) is 18.0. The van der Waals surface area contributed by atoms with Gasteiger partial charge in [0, 0.05) is 43.2 Å². The highest BCUT2D eigenvalue weighted by Gasteiger charge is 2.35. The van der Waals surface area contributed by atoms with Crippen LogP contribution in [-0.2, 0) is 16.1 Å². The van der Waals surface area contributed by atoms with Crippen LogP contribution in [-0.4, -0.2) is 35.7 Å². The van der Waals surface area contributed by atoms with E-state index in [1.165, 1.54) is 0 Å². The van der Waals surface area contributed by atoms with E-state index in [-0.39, 0.29) is 11.8 Å². The Balaban J connectivity index is 1.70. The Labute approximate surface area is 163 Å². The highest BCUT2D eigenvalue weighted by molar-refractivity contribution is 6.31. The molecule has 4 rings (SSSR count). The lowest BCUT2D eigenvalue weighted by atomic mass is 10.1. The van der Waals surface area contributed by atoms with E-state index in [1.807, 2.05) is 48.2 Å². The molecule has 0 bridgehead atoms. The van der Waals surface area contributed by atoms with Crippen molar-refractivity contribution in [3.8, 4) is 0 Å². The Morgan fingerprint density at radius 3 is 2.89 bits per heavy atom. The second-order valence-corrected chi connectivity index (χ2v) is 7.38. The quantitative estimate of drug-likeness (QED) is 0.664. The third kappa shape index (κ3) is 3.33. The van der Waals surface area contributed by atoms with Crippen molar-refractivity contribution < 1.29 is 9.53 Å². The second kappa shape index (κ2) is 7.33. The SMILES string of the molecule is COCCn1c([C@@H]2CC(=O)N(c3cc(Cl)ccc3C)C2)nc2ccccc21. The molecule has 2 aromatic carbocycles. The molecule has 0 unspecified atom stereocenters. The highest BCUT2D eigenvalue weighted by Crippen LogP contribution is 2.35. The van der Waals surface area contributed by atoms with Gasteiger partial charge in [0.25, 0.3) is 0 Å². The van der Waals surface area contributed by atoms with Crippen molar-refractivity contribution in [2.24, 2.45) is 0 Å². The summed E-state index contributed by atoms with van der Waals surface area (Å²) in [5.74, 6) is 1.10. The van der Waals surface area contributed by atoms with Crippen molar-refractivity contribution in [3.63, 3.8) is 0 Å². The molecule has 1 saturated heterocycles. The fraction of sp³-hybridized carbons (Fsp3) is 0.333. The normalized spacial score (nSPS) is 17.2. The van der Waals surface area contributed by atoms with Crippen LogP contribution in [0.4, 0.5) is 5.69 Å². The van der Waals surface area contributed by atoms with Gasteiger partial charge in [-0.1, -0.05) is 29.8 Å². The van der Waals surface area contributed by atoms with Crippen LogP contribution >= 0.6 is 11.6 Å². The van der Waals surface area contributed by atoms with Gasteiger partial charge in [-0.2, -0.15) is 0 Å². The molecule has 0 aliphatic carbocycles. The van der Waals surface area contributed by atoms with Crippen molar-refractivity contribution in [3.05, 3.63) is 58.9 Å². The van der Waals surface area contributed by atoms with Crippen LogP contribution in [0.2, 0.25) is 5.02 Å². The number of anilines is 1. The summed E-state index contributed by atoms with van der Waals surface area (Å²) in [5, 5.41) is 0.638. The lowest BCUT2D eigenvalue weighted by Crippen LogP contribution is -2.25. The summed E-state index contributed by atoms with van der Waals surface area (Å²) in [6.07, 6.45) is 0.447. The zero-order chi connectivity index (χ0) is 19.0. The molecular formula is C21H22ClN3O2. The first-order chi connectivity index (χ1) is 13.1. The molecule has 1 atom stereocenters. The fourth-order valence-corrected chi connectivity index (χ4v) is 3.98. The average molecular weight is 384 g/mol. The van der Waals surface area contributed by atoms with E-state index in [0.29, 0.717) is 31.1 Å². The van der Waals surface area contributed by atoms with Crippen LogP contribution in [0.25, 0.3) is 11.0 Å². The average Bonchev–Trinajstić information content (AvgIpc) is 3.22. The Morgan fingerprint density at radius 1 is 1.26 bits per heavy atom. The number of fused-ring (bicyclic) bond motifs is 1. The number of methoxy groups -OCH3 is 1. The summed E-state index contributed by atoms with van der Waals surface area (Å²) in [4.78, 5) is 19.5. The zero-order valence-corrected chi connectivity index (χ0v) is 16.2. The summed E-state index contributed by atoms with van der Waals surface area (Å²) in [5.41, 5.74) is 3.96.